The van der Waals surface area contributed by atoms with Crippen LogP contribution in [0.25, 0.3) is 0 Å². The number of aromatic nitrogens is 2. The van der Waals surface area contributed by atoms with Crippen molar-refractivity contribution in [1.82, 2.24) is 14.7 Å². The highest BCUT2D eigenvalue weighted by atomic mass is 16.2. The minimum absolute atomic E-state index is 0.0914. The fraction of sp³-hybridized carbons (Fsp3) is 0.667. The molecular weight excluding hydrogens is 216 g/mol. The lowest BCUT2D eigenvalue weighted by atomic mass is 9.98. The third-order valence-electron chi connectivity index (χ3n) is 3.61. The van der Waals surface area contributed by atoms with Crippen molar-refractivity contribution in [3.05, 3.63) is 17.5 Å². The van der Waals surface area contributed by atoms with E-state index in [9.17, 15) is 4.79 Å². The zero-order chi connectivity index (χ0) is 12.4. The van der Waals surface area contributed by atoms with Gasteiger partial charge in [0.1, 0.15) is 0 Å². The molecular formula is C12H20N4O. The van der Waals surface area contributed by atoms with E-state index in [1.807, 2.05) is 18.9 Å². The summed E-state index contributed by atoms with van der Waals surface area (Å²) in [6.07, 6.45) is 3.84. The summed E-state index contributed by atoms with van der Waals surface area (Å²) in [5.41, 5.74) is 7.32. The maximum Gasteiger partial charge on any atom is 0.257 e. The first kappa shape index (κ1) is 12.1. The zero-order valence-corrected chi connectivity index (χ0v) is 10.5. The van der Waals surface area contributed by atoms with Crippen LogP contribution in [0.15, 0.2) is 6.20 Å². The number of carbonyl (C=O) groups excluding carboxylic acids is 1. The van der Waals surface area contributed by atoms with Gasteiger partial charge in [-0.15, -0.1) is 0 Å². The van der Waals surface area contributed by atoms with Gasteiger partial charge in [0, 0.05) is 25.8 Å². The van der Waals surface area contributed by atoms with Crippen LogP contribution in [-0.2, 0) is 7.05 Å². The lowest BCUT2D eigenvalue weighted by molar-refractivity contribution is 0.0677. The van der Waals surface area contributed by atoms with Crippen LogP contribution >= 0.6 is 0 Å². The topological polar surface area (TPSA) is 64.2 Å². The Morgan fingerprint density at radius 3 is 3.00 bits per heavy atom. The van der Waals surface area contributed by atoms with E-state index in [-0.39, 0.29) is 5.91 Å². The van der Waals surface area contributed by atoms with E-state index in [4.69, 9.17) is 5.73 Å². The summed E-state index contributed by atoms with van der Waals surface area (Å²) in [7, 11) is 1.85. The SMILES string of the molecule is Cc1c(C(=O)N2CCCC(CN)C2)cnn1C. The predicted molar refractivity (Wildman–Crippen MR) is 65.6 cm³/mol. The highest BCUT2D eigenvalue weighted by Gasteiger charge is 2.25. The third kappa shape index (κ3) is 2.34. The van der Waals surface area contributed by atoms with Gasteiger partial charge in [0.25, 0.3) is 5.91 Å². The molecule has 2 heterocycles. The summed E-state index contributed by atoms with van der Waals surface area (Å²) in [6, 6.07) is 0. The average molecular weight is 236 g/mol. The minimum atomic E-state index is 0.0914. The number of piperidine rings is 1. The normalized spacial score (nSPS) is 20.6. The monoisotopic (exact) mass is 236 g/mol. The molecule has 2 N–H and O–H groups in total. The molecule has 1 saturated heterocycles. The Morgan fingerprint density at radius 1 is 1.65 bits per heavy atom. The highest BCUT2D eigenvalue weighted by molar-refractivity contribution is 5.95. The van der Waals surface area contributed by atoms with Gasteiger partial charge in [-0.3, -0.25) is 9.48 Å². The Bertz CT molecular complexity index is 413. The zero-order valence-electron chi connectivity index (χ0n) is 10.5. The van der Waals surface area contributed by atoms with E-state index < -0.39 is 0 Å². The first-order valence-electron chi connectivity index (χ1n) is 6.11. The van der Waals surface area contributed by atoms with Gasteiger partial charge < -0.3 is 10.6 Å². The molecule has 0 radical (unpaired) electrons. The molecule has 0 aromatic carbocycles. The molecule has 1 aliphatic rings. The molecule has 1 fully saturated rings. The number of nitrogens with zero attached hydrogens (tertiary/aromatic N) is 3. The smallest absolute Gasteiger partial charge is 0.257 e. The van der Waals surface area contributed by atoms with Crippen LogP contribution in [0, 0.1) is 12.8 Å². The number of carbonyl (C=O) groups is 1. The summed E-state index contributed by atoms with van der Waals surface area (Å²) in [4.78, 5) is 14.2. The van der Waals surface area contributed by atoms with Crippen molar-refractivity contribution in [3.8, 4) is 0 Å². The molecule has 94 valence electrons. The summed E-state index contributed by atoms with van der Waals surface area (Å²) in [5, 5.41) is 4.12. The molecule has 1 aromatic rings. The van der Waals surface area contributed by atoms with Crippen LogP contribution < -0.4 is 5.73 Å². The van der Waals surface area contributed by atoms with Crippen molar-refractivity contribution in [2.45, 2.75) is 19.8 Å². The number of hydrogen-bond donors (Lipinski definition) is 1. The van der Waals surface area contributed by atoms with Crippen molar-refractivity contribution < 1.29 is 4.79 Å². The predicted octanol–water partition coefficient (Wildman–Crippen LogP) is 0.539. The summed E-state index contributed by atoms with van der Waals surface area (Å²) in [5.74, 6) is 0.540. The lowest BCUT2D eigenvalue weighted by Crippen LogP contribution is -2.42. The van der Waals surface area contributed by atoms with E-state index in [0.29, 0.717) is 18.0 Å². The maximum absolute atomic E-state index is 12.3. The fourth-order valence-electron chi connectivity index (χ4n) is 2.32. The molecule has 0 bridgehead atoms. The highest BCUT2D eigenvalue weighted by Crippen LogP contribution is 2.18. The van der Waals surface area contributed by atoms with Crippen LogP contribution in [0.2, 0.25) is 0 Å². The first-order chi connectivity index (χ1) is 8.13. The van der Waals surface area contributed by atoms with E-state index in [0.717, 1.165) is 31.6 Å². The van der Waals surface area contributed by atoms with Crippen LogP contribution in [-0.4, -0.2) is 40.2 Å². The van der Waals surface area contributed by atoms with Crippen molar-refractivity contribution in [2.24, 2.45) is 18.7 Å². The molecule has 1 atom stereocenters. The van der Waals surface area contributed by atoms with E-state index in [2.05, 4.69) is 5.10 Å². The van der Waals surface area contributed by atoms with Crippen LogP contribution in [0.4, 0.5) is 0 Å². The number of nitrogens with two attached hydrogens (primary N) is 1. The molecule has 1 aromatic heterocycles. The van der Waals surface area contributed by atoms with Crippen molar-refractivity contribution in [3.63, 3.8) is 0 Å². The van der Waals surface area contributed by atoms with Crippen molar-refractivity contribution in [2.75, 3.05) is 19.6 Å². The molecule has 5 nitrogen and oxygen atoms in total. The molecule has 0 spiro atoms. The molecule has 2 rings (SSSR count). The molecule has 17 heavy (non-hydrogen) atoms. The molecule has 0 saturated carbocycles. The van der Waals surface area contributed by atoms with Gasteiger partial charge in [0.2, 0.25) is 0 Å². The summed E-state index contributed by atoms with van der Waals surface area (Å²) in [6.45, 7) is 4.20. The van der Waals surface area contributed by atoms with Gasteiger partial charge >= 0.3 is 0 Å². The number of aryl methyl sites for hydroxylation is 1. The van der Waals surface area contributed by atoms with Gasteiger partial charge in [-0.1, -0.05) is 0 Å². The Balaban J connectivity index is 2.12. The number of likely N-dealkylation sites (tertiary alicyclic amines) is 1. The Labute approximate surface area is 102 Å². The second-order valence-corrected chi connectivity index (χ2v) is 4.76. The second kappa shape index (κ2) is 4.87. The quantitative estimate of drug-likeness (QED) is 0.815. The molecule has 0 aliphatic carbocycles. The van der Waals surface area contributed by atoms with Crippen LogP contribution in [0.3, 0.4) is 0 Å². The molecule has 1 unspecified atom stereocenters. The van der Waals surface area contributed by atoms with E-state index >= 15 is 0 Å². The van der Waals surface area contributed by atoms with Gasteiger partial charge in [-0.05, 0) is 32.2 Å². The largest absolute Gasteiger partial charge is 0.338 e. The minimum Gasteiger partial charge on any atom is -0.338 e. The van der Waals surface area contributed by atoms with Crippen molar-refractivity contribution >= 4 is 5.91 Å². The standard InChI is InChI=1S/C12H20N4O/c1-9-11(7-14-15(9)2)12(17)16-5-3-4-10(6-13)8-16/h7,10H,3-6,8,13H2,1-2H3. The Hall–Kier alpha value is -1.36. The summed E-state index contributed by atoms with van der Waals surface area (Å²) >= 11 is 0. The van der Waals surface area contributed by atoms with Gasteiger partial charge in [-0.2, -0.15) is 5.10 Å². The second-order valence-electron chi connectivity index (χ2n) is 4.76. The van der Waals surface area contributed by atoms with Gasteiger partial charge in [0.05, 0.1) is 11.8 Å². The fourth-order valence-corrected chi connectivity index (χ4v) is 2.32. The van der Waals surface area contributed by atoms with Crippen molar-refractivity contribution in [1.29, 1.82) is 0 Å². The molecule has 5 heteroatoms. The van der Waals surface area contributed by atoms with E-state index in [1.165, 1.54) is 0 Å². The third-order valence-corrected chi connectivity index (χ3v) is 3.61. The first-order valence-corrected chi connectivity index (χ1v) is 6.11. The number of amides is 1. The Morgan fingerprint density at radius 2 is 2.41 bits per heavy atom. The van der Waals surface area contributed by atoms with Gasteiger partial charge in [-0.25, -0.2) is 0 Å². The Kier molecular flexibility index (Phi) is 3.47. The maximum atomic E-state index is 12.3. The van der Waals surface area contributed by atoms with Gasteiger partial charge in [0.15, 0.2) is 0 Å². The molecule has 1 aliphatic heterocycles. The number of rotatable bonds is 2. The number of hydrogen-bond acceptors (Lipinski definition) is 3. The molecule has 1 amide bonds. The lowest BCUT2D eigenvalue weighted by Gasteiger charge is -2.32. The average Bonchev–Trinajstić information content (AvgIpc) is 2.69. The van der Waals surface area contributed by atoms with Crippen LogP contribution in [0.5, 0.6) is 0 Å². The van der Waals surface area contributed by atoms with Crippen LogP contribution in [0.1, 0.15) is 28.9 Å². The summed E-state index contributed by atoms with van der Waals surface area (Å²) < 4.78 is 1.73. The van der Waals surface area contributed by atoms with E-state index in [1.54, 1.807) is 10.9 Å².